The highest BCUT2D eigenvalue weighted by molar-refractivity contribution is 6.05. The van der Waals surface area contributed by atoms with Crippen molar-refractivity contribution in [3.63, 3.8) is 0 Å². The lowest BCUT2D eigenvalue weighted by Crippen LogP contribution is -2.38. The van der Waals surface area contributed by atoms with Gasteiger partial charge in [-0.05, 0) is 6.92 Å². The van der Waals surface area contributed by atoms with Crippen LogP contribution < -0.4 is 10.6 Å². The smallest absolute Gasteiger partial charge is 0.244 e. The highest BCUT2D eigenvalue weighted by Crippen LogP contribution is 1.99. The molecule has 1 aliphatic heterocycles. The molecule has 74 valence electrons. The van der Waals surface area contributed by atoms with Crippen molar-refractivity contribution in [1.29, 1.82) is 0 Å². The normalized spacial score (nSPS) is 22.1. The van der Waals surface area contributed by atoms with Gasteiger partial charge in [-0.15, -0.1) is 0 Å². The van der Waals surface area contributed by atoms with E-state index in [9.17, 15) is 9.59 Å². The van der Waals surface area contributed by atoms with Gasteiger partial charge in [-0.1, -0.05) is 0 Å². The zero-order valence-corrected chi connectivity index (χ0v) is 7.63. The number of carbonyl (C=O) groups is 2. The number of ether oxygens (including phenoxy) is 1. The molecule has 0 aromatic carbocycles. The summed E-state index contributed by atoms with van der Waals surface area (Å²) in [4.78, 5) is 21.8. The summed E-state index contributed by atoms with van der Waals surface area (Å²) in [5.41, 5.74) is 0. The predicted molar refractivity (Wildman–Crippen MR) is 46.1 cm³/mol. The molecule has 1 fully saturated rings. The van der Waals surface area contributed by atoms with E-state index < -0.39 is 0 Å². The minimum absolute atomic E-state index is 0.209. The third-order valence-corrected chi connectivity index (χ3v) is 1.81. The van der Waals surface area contributed by atoms with E-state index in [1.54, 1.807) is 0 Å². The molecule has 5 nitrogen and oxygen atoms in total. The van der Waals surface area contributed by atoms with E-state index in [0.29, 0.717) is 19.8 Å². The summed E-state index contributed by atoms with van der Waals surface area (Å²) in [5.74, 6) is -0.444. The molecule has 2 amide bonds. The Morgan fingerprint density at radius 3 is 2.92 bits per heavy atom. The van der Waals surface area contributed by atoms with Crippen molar-refractivity contribution in [2.24, 2.45) is 0 Å². The summed E-state index contributed by atoms with van der Waals surface area (Å²) in [5, 5.41) is 5.17. The molecule has 1 unspecified atom stereocenters. The van der Waals surface area contributed by atoms with Gasteiger partial charge in [0, 0.05) is 13.2 Å². The molecule has 1 atom stereocenters. The SMILES string of the molecule is CCOCCNC1CC(=O)NC1=O. The molecular weight excluding hydrogens is 172 g/mol. The number of nitrogens with one attached hydrogen (secondary N) is 2. The van der Waals surface area contributed by atoms with Crippen LogP contribution in [0.2, 0.25) is 0 Å². The molecule has 5 heteroatoms. The van der Waals surface area contributed by atoms with Crippen LogP contribution in [0.5, 0.6) is 0 Å². The van der Waals surface area contributed by atoms with Gasteiger partial charge >= 0.3 is 0 Å². The maximum Gasteiger partial charge on any atom is 0.244 e. The monoisotopic (exact) mass is 186 g/mol. The van der Waals surface area contributed by atoms with Crippen molar-refractivity contribution < 1.29 is 14.3 Å². The lowest BCUT2D eigenvalue weighted by atomic mass is 10.2. The first-order valence-electron chi connectivity index (χ1n) is 4.39. The fraction of sp³-hybridized carbons (Fsp3) is 0.750. The van der Waals surface area contributed by atoms with E-state index in [4.69, 9.17) is 4.74 Å². The highest BCUT2D eigenvalue weighted by Gasteiger charge is 2.29. The lowest BCUT2D eigenvalue weighted by molar-refractivity contribution is -0.125. The van der Waals surface area contributed by atoms with E-state index >= 15 is 0 Å². The number of amides is 2. The van der Waals surface area contributed by atoms with Crippen molar-refractivity contribution >= 4 is 11.8 Å². The molecule has 0 saturated carbocycles. The topological polar surface area (TPSA) is 67.4 Å². The summed E-state index contributed by atoms with van der Waals surface area (Å²) in [6, 6.07) is -0.368. The number of hydrogen-bond acceptors (Lipinski definition) is 4. The fourth-order valence-corrected chi connectivity index (χ4v) is 1.17. The second kappa shape index (κ2) is 4.94. The largest absolute Gasteiger partial charge is 0.380 e. The number of rotatable bonds is 5. The van der Waals surface area contributed by atoms with E-state index in [0.717, 1.165) is 0 Å². The van der Waals surface area contributed by atoms with Crippen LogP contribution in [0.4, 0.5) is 0 Å². The van der Waals surface area contributed by atoms with Crippen molar-refractivity contribution in [3.05, 3.63) is 0 Å². The van der Waals surface area contributed by atoms with Gasteiger partial charge in [-0.3, -0.25) is 14.9 Å². The maximum atomic E-state index is 11.0. The first-order chi connectivity index (χ1) is 6.24. The molecule has 1 saturated heterocycles. The Balaban J connectivity index is 2.14. The van der Waals surface area contributed by atoms with Crippen LogP contribution in [0.3, 0.4) is 0 Å². The molecule has 0 bridgehead atoms. The lowest BCUT2D eigenvalue weighted by Gasteiger charge is -2.07. The van der Waals surface area contributed by atoms with Crippen LogP contribution in [0.1, 0.15) is 13.3 Å². The average molecular weight is 186 g/mol. The summed E-state index contributed by atoms with van der Waals surface area (Å²) < 4.78 is 5.08. The average Bonchev–Trinajstić information content (AvgIpc) is 2.39. The Bertz CT molecular complexity index is 206. The van der Waals surface area contributed by atoms with Gasteiger partial charge in [-0.2, -0.15) is 0 Å². The standard InChI is InChI=1S/C8H14N2O3/c1-2-13-4-3-9-6-5-7(11)10-8(6)12/h6,9H,2-5H2,1H3,(H,10,11,12). The van der Waals surface area contributed by atoms with Crippen molar-refractivity contribution in [3.8, 4) is 0 Å². The number of hydrogen-bond donors (Lipinski definition) is 2. The quantitative estimate of drug-likeness (QED) is 0.428. The zero-order chi connectivity index (χ0) is 9.68. The third kappa shape index (κ3) is 3.12. The van der Waals surface area contributed by atoms with Gasteiger partial charge in [0.1, 0.15) is 0 Å². The zero-order valence-electron chi connectivity index (χ0n) is 7.63. The minimum Gasteiger partial charge on any atom is -0.380 e. The van der Waals surface area contributed by atoms with Gasteiger partial charge in [0.25, 0.3) is 0 Å². The maximum absolute atomic E-state index is 11.0. The van der Waals surface area contributed by atoms with Crippen LogP contribution in [0.15, 0.2) is 0 Å². The summed E-state index contributed by atoms with van der Waals surface area (Å²) in [7, 11) is 0. The Kier molecular flexibility index (Phi) is 3.85. The van der Waals surface area contributed by atoms with Crippen LogP contribution in [0.25, 0.3) is 0 Å². The fourth-order valence-electron chi connectivity index (χ4n) is 1.17. The molecule has 0 radical (unpaired) electrons. The first-order valence-corrected chi connectivity index (χ1v) is 4.39. The van der Waals surface area contributed by atoms with E-state index in [-0.39, 0.29) is 24.3 Å². The Labute approximate surface area is 76.8 Å². The van der Waals surface area contributed by atoms with Crippen molar-refractivity contribution in [2.75, 3.05) is 19.8 Å². The molecule has 0 aromatic heterocycles. The third-order valence-electron chi connectivity index (χ3n) is 1.81. The molecule has 0 spiro atoms. The van der Waals surface area contributed by atoms with E-state index in [1.165, 1.54) is 0 Å². The van der Waals surface area contributed by atoms with Crippen LogP contribution in [0, 0.1) is 0 Å². The minimum atomic E-state index is -0.368. The Morgan fingerprint density at radius 2 is 2.38 bits per heavy atom. The summed E-state index contributed by atoms with van der Waals surface area (Å²) >= 11 is 0. The van der Waals surface area contributed by atoms with Crippen LogP contribution in [-0.4, -0.2) is 37.6 Å². The summed E-state index contributed by atoms with van der Waals surface area (Å²) in [6.45, 7) is 3.73. The second-order valence-corrected chi connectivity index (χ2v) is 2.82. The van der Waals surface area contributed by atoms with Gasteiger partial charge in [-0.25, -0.2) is 0 Å². The van der Waals surface area contributed by atoms with Crippen LogP contribution >= 0.6 is 0 Å². The predicted octanol–water partition coefficient (Wildman–Crippen LogP) is -0.972. The van der Waals surface area contributed by atoms with Gasteiger partial charge in [0.15, 0.2) is 0 Å². The number of imide groups is 1. The van der Waals surface area contributed by atoms with Gasteiger partial charge < -0.3 is 10.1 Å². The van der Waals surface area contributed by atoms with Gasteiger partial charge in [0.05, 0.1) is 19.1 Å². The molecule has 13 heavy (non-hydrogen) atoms. The molecular formula is C8H14N2O3. The first kappa shape index (κ1) is 10.1. The van der Waals surface area contributed by atoms with Gasteiger partial charge in [0.2, 0.25) is 11.8 Å². The molecule has 2 N–H and O–H groups in total. The molecule has 0 aliphatic carbocycles. The van der Waals surface area contributed by atoms with Crippen molar-refractivity contribution in [1.82, 2.24) is 10.6 Å². The second-order valence-electron chi connectivity index (χ2n) is 2.82. The highest BCUT2D eigenvalue weighted by atomic mass is 16.5. The Morgan fingerprint density at radius 1 is 1.62 bits per heavy atom. The van der Waals surface area contributed by atoms with Crippen molar-refractivity contribution in [2.45, 2.75) is 19.4 Å². The Hall–Kier alpha value is -0.940. The van der Waals surface area contributed by atoms with Crippen LogP contribution in [-0.2, 0) is 14.3 Å². The molecule has 0 aromatic rings. The number of carbonyl (C=O) groups excluding carboxylic acids is 2. The summed E-state index contributed by atoms with van der Waals surface area (Å²) in [6.07, 6.45) is 0.241. The van der Waals surface area contributed by atoms with E-state index in [2.05, 4.69) is 10.6 Å². The molecule has 1 heterocycles. The molecule has 1 rings (SSSR count). The van der Waals surface area contributed by atoms with E-state index in [1.807, 2.05) is 6.92 Å². The molecule has 1 aliphatic rings.